The Morgan fingerprint density at radius 2 is 1.93 bits per heavy atom. The van der Waals surface area contributed by atoms with Crippen molar-refractivity contribution in [2.45, 2.75) is 6.42 Å². The number of methoxy groups -OCH3 is 2. The third-order valence-corrected chi connectivity index (χ3v) is 5.41. The van der Waals surface area contributed by atoms with Crippen molar-refractivity contribution in [2.24, 2.45) is 7.05 Å². The Morgan fingerprint density at radius 1 is 1.18 bits per heavy atom. The van der Waals surface area contributed by atoms with E-state index in [1.54, 1.807) is 26.5 Å². The molecule has 0 amide bonds. The van der Waals surface area contributed by atoms with E-state index in [-0.39, 0.29) is 12.2 Å². The van der Waals surface area contributed by atoms with Crippen molar-refractivity contribution in [2.75, 3.05) is 14.2 Å². The molecule has 0 bridgehead atoms. The summed E-state index contributed by atoms with van der Waals surface area (Å²) >= 11 is 1.46. The van der Waals surface area contributed by atoms with Gasteiger partial charge in [-0.05, 0) is 29.8 Å². The second-order valence-corrected chi connectivity index (χ2v) is 7.25. The minimum atomic E-state index is -0.0452. The SMILES string of the molecule is COc1cc(CC(=O)c2csc(-c3cn(C)c4ncccc34)n2)cc(OC)c1. The van der Waals surface area contributed by atoms with Crippen molar-refractivity contribution in [1.29, 1.82) is 0 Å². The summed E-state index contributed by atoms with van der Waals surface area (Å²) < 4.78 is 12.5. The molecule has 7 heteroatoms. The molecule has 0 unspecified atom stereocenters. The lowest BCUT2D eigenvalue weighted by Gasteiger charge is -2.07. The van der Waals surface area contributed by atoms with Crippen LogP contribution in [0, 0.1) is 0 Å². The highest BCUT2D eigenvalue weighted by molar-refractivity contribution is 7.13. The molecule has 6 nitrogen and oxygen atoms in total. The van der Waals surface area contributed by atoms with E-state index in [9.17, 15) is 4.79 Å². The number of aromatic nitrogens is 3. The highest BCUT2D eigenvalue weighted by Gasteiger charge is 2.17. The van der Waals surface area contributed by atoms with E-state index in [0.717, 1.165) is 27.2 Å². The fourth-order valence-electron chi connectivity index (χ4n) is 3.15. The van der Waals surface area contributed by atoms with Crippen LogP contribution in [0.25, 0.3) is 21.6 Å². The summed E-state index contributed by atoms with van der Waals surface area (Å²) in [7, 11) is 5.13. The molecule has 28 heavy (non-hydrogen) atoms. The second-order valence-electron chi connectivity index (χ2n) is 6.39. The van der Waals surface area contributed by atoms with Crippen molar-refractivity contribution < 1.29 is 14.3 Å². The smallest absolute Gasteiger partial charge is 0.186 e. The fourth-order valence-corrected chi connectivity index (χ4v) is 4.00. The summed E-state index contributed by atoms with van der Waals surface area (Å²) in [6.07, 6.45) is 4.00. The van der Waals surface area contributed by atoms with Gasteiger partial charge < -0.3 is 14.0 Å². The van der Waals surface area contributed by atoms with Gasteiger partial charge in [0.05, 0.1) is 14.2 Å². The van der Waals surface area contributed by atoms with Gasteiger partial charge in [0.1, 0.15) is 27.8 Å². The number of fused-ring (bicyclic) bond motifs is 1. The lowest BCUT2D eigenvalue weighted by atomic mass is 10.1. The summed E-state index contributed by atoms with van der Waals surface area (Å²) in [4.78, 5) is 21.8. The van der Waals surface area contributed by atoms with Gasteiger partial charge in [-0.1, -0.05) is 0 Å². The summed E-state index contributed by atoms with van der Waals surface area (Å²) in [6, 6.07) is 9.38. The molecule has 0 saturated carbocycles. The van der Waals surface area contributed by atoms with Gasteiger partial charge in [0.2, 0.25) is 0 Å². The number of rotatable bonds is 6. The Bertz CT molecular complexity index is 1140. The van der Waals surface area contributed by atoms with E-state index < -0.39 is 0 Å². The van der Waals surface area contributed by atoms with Crippen LogP contribution < -0.4 is 9.47 Å². The molecular formula is C21H19N3O3S. The lowest BCUT2D eigenvalue weighted by molar-refractivity contribution is 0.0989. The standard InChI is InChI=1S/C21H19N3O3S/c1-24-11-17(16-5-4-6-22-20(16)24)21-23-18(12-28-21)19(25)9-13-7-14(26-2)10-15(8-13)27-3/h4-8,10-12H,9H2,1-3H3. The number of hydrogen-bond acceptors (Lipinski definition) is 6. The summed E-state index contributed by atoms with van der Waals surface area (Å²) in [5.41, 5.74) is 3.16. The zero-order valence-corrected chi connectivity index (χ0v) is 16.6. The molecule has 4 rings (SSSR count). The van der Waals surface area contributed by atoms with Gasteiger partial charge in [-0.3, -0.25) is 4.79 Å². The van der Waals surface area contributed by atoms with Crippen molar-refractivity contribution >= 4 is 28.2 Å². The Hall–Kier alpha value is -3.19. The number of Topliss-reactive ketones (excluding diaryl/α,β-unsaturated/α-hetero) is 1. The van der Waals surface area contributed by atoms with E-state index in [1.165, 1.54) is 11.3 Å². The molecule has 0 aliphatic heterocycles. The predicted octanol–water partition coefficient (Wildman–Crippen LogP) is 4.14. The molecule has 3 heterocycles. The number of ketones is 1. The molecule has 0 aliphatic rings. The average Bonchev–Trinajstić information content (AvgIpc) is 3.33. The van der Waals surface area contributed by atoms with E-state index >= 15 is 0 Å². The van der Waals surface area contributed by atoms with E-state index in [1.807, 2.05) is 47.5 Å². The number of pyridine rings is 1. The van der Waals surface area contributed by atoms with Crippen molar-refractivity contribution in [3.8, 4) is 22.1 Å². The van der Waals surface area contributed by atoms with Crippen molar-refractivity contribution in [1.82, 2.24) is 14.5 Å². The number of hydrogen-bond donors (Lipinski definition) is 0. The Labute approximate surface area is 166 Å². The first-order valence-corrected chi connectivity index (χ1v) is 9.58. The molecular weight excluding hydrogens is 374 g/mol. The Balaban J connectivity index is 1.61. The van der Waals surface area contributed by atoms with Gasteiger partial charge in [0.15, 0.2) is 5.78 Å². The van der Waals surface area contributed by atoms with Crippen LogP contribution in [0.1, 0.15) is 16.1 Å². The first-order valence-electron chi connectivity index (χ1n) is 8.70. The molecule has 4 aromatic rings. The van der Waals surface area contributed by atoms with Crippen LogP contribution in [0.2, 0.25) is 0 Å². The largest absolute Gasteiger partial charge is 0.497 e. The van der Waals surface area contributed by atoms with E-state index in [0.29, 0.717) is 17.2 Å². The molecule has 0 N–H and O–H groups in total. The molecule has 1 aromatic carbocycles. The lowest BCUT2D eigenvalue weighted by Crippen LogP contribution is -2.04. The molecule has 0 radical (unpaired) electrons. The van der Waals surface area contributed by atoms with Gasteiger partial charge in [-0.2, -0.15) is 0 Å². The molecule has 142 valence electrons. The zero-order chi connectivity index (χ0) is 19.7. The molecule has 0 saturated heterocycles. The maximum Gasteiger partial charge on any atom is 0.186 e. The van der Waals surface area contributed by atoms with Gasteiger partial charge in [-0.15, -0.1) is 11.3 Å². The van der Waals surface area contributed by atoms with Gasteiger partial charge in [0, 0.05) is 48.3 Å². The van der Waals surface area contributed by atoms with E-state index in [2.05, 4.69) is 9.97 Å². The highest BCUT2D eigenvalue weighted by atomic mass is 32.1. The topological polar surface area (TPSA) is 66.2 Å². The molecule has 3 aromatic heterocycles. The van der Waals surface area contributed by atoms with Crippen LogP contribution in [-0.2, 0) is 13.5 Å². The number of benzene rings is 1. The summed E-state index contributed by atoms with van der Waals surface area (Å²) in [5, 5.41) is 3.64. The quantitative estimate of drug-likeness (QED) is 0.461. The number of ether oxygens (including phenoxy) is 2. The van der Waals surface area contributed by atoms with Crippen LogP contribution >= 0.6 is 11.3 Å². The first-order chi connectivity index (χ1) is 13.6. The molecule has 0 spiro atoms. The zero-order valence-electron chi connectivity index (χ0n) is 15.8. The maximum atomic E-state index is 12.8. The Kier molecular flexibility index (Phi) is 4.83. The first kappa shape index (κ1) is 18.2. The monoisotopic (exact) mass is 393 g/mol. The second kappa shape index (κ2) is 7.44. The maximum absolute atomic E-state index is 12.8. The van der Waals surface area contributed by atoms with Crippen LogP contribution in [-0.4, -0.2) is 34.5 Å². The van der Waals surface area contributed by atoms with Crippen molar-refractivity contribution in [3.63, 3.8) is 0 Å². The number of carbonyl (C=O) groups excluding carboxylic acids is 1. The third kappa shape index (κ3) is 3.36. The average molecular weight is 393 g/mol. The minimum absolute atomic E-state index is 0.0452. The van der Waals surface area contributed by atoms with Crippen LogP contribution in [0.15, 0.2) is 48.1 Å². The molecule has 0 fully saturated rings. The summed E-state index contributed by atoms with van der Waals surface area (Å²) in [6.45, 7) is 0. The molecule has 0 atom stereocenters. The van der Waals surface area contributed by atoms with Crippen LogP contribution in [0.4, 0.5) is 0 Å². The number of aryl methyl sites for hydroxylation is 1. The molecule has 0 aliphatic carbocycles. The van der Waals surface area contributed by atoms with Crippen LogP contribution in [0.5, 0.6) is 11.5 Å². The minimum Gasteiger partial charge on any atom is -0.497 e. The number of nitrogens with zero attached hydrogens (tertiary/aromatic N) is 3. The van der Waals surface area contributed by atoms with Gasteiger partial charge in [0.25, 0.3) is 0 Å². The third-order valence-electron chi connectivity index (χ3n) is 4.53. The highest BCUT2D eigenvalue weighted by Crippen LogP contribution is 2.32. The van der Waals surface area contributed by atoms with Gasteiger partial charge >= 0.3 is 0 Å². The predicted molar refractivity (Wildman–Crippen MR) is 109 cm³/mol. The van der Waals surface area contributed by atoms with E-state index in [4.69, 9.17) is 9.47 Å². The number of thiazole rings is 1. The summed E-state index contributed by atoms with van der Waals surface area (Å²) in [5.74, 6) is 1.27. The number of carbonyl (C=O) groups is 1. The van der Waals surface area contributed by atoms with Gasteiger partial charge in [-0.25, -0.2) is 9.97 Å². The van der Waals surface area contributed by atoms with Crippen molar-refractivity contribution in [3.05, 3.63) is 59.4 Å². The van der Waals surface area contributed by atoms with Crippen LogP contribution in [0.3, 0.4) is 0 Å². The Morgan fingerprint density at radius 3 is 2.64 bits per heavy atom. The normalized spacial score (nSPS) is 11.0. The fraction of sp³-hybridized carbons (Fsp3) is 0.190.